The number of halogens is 4. The van der Waals surface area contributed by atoms with Gasteiger partial charge in [-0.3, -0.25) is 4.79 Å². The van der Waals surface area contributed by atoms with Crippen LogP contribution in [0.4, 0.5) is 17.6 Å². The van der Waals surface area contributed by atoms with Crippen molar-refractivity contribution in [2.45, 2.75) is 12.8 Å². The highest BCUT2D eigenvalue weighted by molar-refractivity contribution is 5.80. The average molecular weight is 314 g/mol. The van der Waals surface area contributed by atoms with Crippen molar-refractivity contribution in [2.24, 2.45) is 0 Å². The lowest BCUT2D eigenvalue weighted by molar-refractivity contribution is -0.140. The summed E-state index contributed by atoms with van der Waals surface area (Å²) in [5.74, 6) is -1.41. The van der Waals surface area contributed by atoms with Crippen LogP contribution < -0.4 is 4.74 Å². The summed E-state index contributed by atoms with van der Waals surface area (Å²) in [7, 11) is 0. The first-order valence-corrected chi connectivity index (χ1v) is 6.08. The van der Waals surface area contributed by atoms with Crippen molar-refractivity contribution < 1.29 is 32.2 Å². The van der Waals surface area contributed by atoms with Gasteiger partial charge >= 0.3 is 6.18 Å². The Kier molecular flexibility index (Phi) is 4.35. The predicted octanol–water partition coefficient (Wildman–Crippen LogP) is 3.94. The summed E-state index contributed by atoms with van der Waals surface area (Å²) in [5.41, 5.74) is -1.23. The lowest BCUT2D eigenvalue weighted by atomic mass is 10.1. The van der Waals surface area contributed by atoms with Crippen molar-refractivity contribution in [2.75, 3.05) is 0 Å². The maximum absolute atomic E-state index is 13.2. The molecule has 0 heterocycles. The molecule has 0 bridgehead atoms. The first kappa shape index (κ1) is 15.8. The fourth-order valence-electron chi connectivity index (χ4n) is 1.80. The molecule has 0 spiro atoms. The minimum atomic E-state index is -4.80. The van der Waals surface area contributed by atoms with E-state index in [4.69, 9.17) is 4.74 Å². The summed E-state index contributed by atoms with van der Waals surface area (Å²) in [4.78, 5) is 10.8. The molecule has 7 heteroatoms. The third-order valence-corrected chi connectivity index (χ3v) is 2.85. The molecule has 0 atom stereocenters. The van der Waals surface area contributed by atoms with Gasteiger partial charge in [0, 0.05) is 0 Å². The van der Waals surface area contributed by atoms with Crippen LogP contribution in [0.25, 0.3) is 0 Å². The second-order valence-corrected chi connectivity index (χ2v) is 4.44. The highest BCUT2D eigenvalue weighted by atomic mass is 19.4. The van der Waals surface area contributed by atoms with E-state index in [1.54, 1.807) is 0 Å². The van der Waals surface area contributed by atoms with Crippen LogP contribution in [0.1, 0.15) is 21.5 Å². The van der Waals surface area contributed by atoms with Gasteiger partial charge in [-0.2, -0.15) is 13.2 Å². The molecule has 0 radical (unpaired) electrons. The van der Waals surface area contributed by atoms with Gasteiger partial charge in [0.2, 0.25) is 0 Å². The van der Waals surface area contributed by atoms with E-state index in [0.717, 1.165) is 12.1 Å². The Morgan fingerprint density at radius 1 is 1.14 bits per heavy atom. The summed E-state index contributed by atoms with van der Waals surface area (Å²) >= 11 is 0. The van der Waals surface area contributed by atoms with E-state index in [1.165, 1.54) is 12.1 Å². The molecule has 2 aromatic rings. The second kappa shape index (κ2) is 6.05. The number of aromatic hydroxyl groups is 1. The SMILES string of the molecule is O=Cc1cc(O)ccc1OCc1ccc(F)c(C(F)(F)F)c1. The van der Waals surface area contributed by atoms with E-state index >= 15 is 0 Å². The summed E-state index contributed by atoms with van der Waals surface area (Å²) in [6.45, 7) is -0.283. The maximum Gasteiger partial charge on any atom is 0.419 e. The van der Waals surface area contributed by atoms with Crippen LogP contribution in [0.15, 0.2) is 36.4 Å². The number of alkyl halides is 3. The molecule has 116 valence electrons. The number of carbonyl (C=O) groups is 1. The van der Waals surface area contributed by atoms with E-state index in [-0.39, 0.29) is 29.2 Å². The molecule has 0 aliphatic heterocycles. The van der Waals surface area contributed by atoms with Crippen LogP contribution in [-0.2, 0) is 12.8 Å². The minimum Gasteiger partial charge on any atom is -0.508 e. The standard InChI is InChI=1S/C15H10F4O3/c16-13-3-1-9(5-12(13)15(17,18)19)8-22-14-4-2-11(21)6-10(14)7-20/h1-7,21H,8H2. The zero-order valence-electron chi connectivity index (χ0n) is 11.0. The van der Waals surface area contributed by atoms with Crippen molar-refractivity contribution in [3.05, 3.63) is 58.9 Å². The van der Waals surface area contributed by atoms with Crippen molar-refractivity contribution in [1.82, 2.24) is 0 Å². The topological polar surface area (TPSA) is 46.5 Å². The molecule has 0 aliphatic rings. The van der Waals surface area contributed by atoms with E-state index in [2.05, 4.69) is 0 Å². The molecule has 0 unspecified atom stereocenters. The van der Waals surface area contributed by atoms with Crippen molar-refractivity contribution in [3.8, 4) is 11.5 Å². The van der Waals surface area contributed by atoms with Gasteiger partial charge in [-0.1, -0.05) is 6.07 Å². The molecule has 0 saturated heterocycles. The van der Waals surface area contributed by atoms with Crippen LogP contribution in [0, 0.1) is 5.82 Å². The Balaban J connectivity index is 2.21. The molecule has 1 N–H and O–H groups in total. The maximum atomic E-state index is 13.2. The third-order valence-electron chi connectivity index (χ3n) is 2.85. The van der Waals surface area contributed by atoms with Gasteiger partial charge in [-0.15, -0.1) is 0 Å². The zero-order valence-corrected chi connectivity index (χ0v) is 11.0. The lowest BCUT2D eigenvalue weighted by Gasteiger charge is -2.12. The number of aldehydes is 1. The average Bonchev–Trinajstić information content (AvgIpc) is 2.46. The largest absolute Gasteiger partial charge is 0.508 e. The van der Waals surface area contributed by atoms with E-state index in [1.807, 2.05) is 0 Å². The Labute approximate surface area is 122 Å². The Morgan fingerprint density at radius 2 is 1.86 bits per heavy atom. The molecule has 0 amide bonds. The summed E-state index contributed by atoms with van der Waals surface area (Å²) in [6.07, 6.45) is -4.35. The van der Waals surface area contributed by atoms with Gasteiger partial charge in [0.05, 0.1) is 11.1 Å². The molecule has 22 heavy (non-hydrogen) atoms. The second-order valence-electron chi connectivity index (χ2n) is 4.44. The number of benzene rings is 2. The lowest BCUT2D eigenvalue weighted by Crippen LogP contribution is -2.09. The number of phenolic OH excluding ortho intramolecular Hbond substituents is 1. The third kappa shape index (κ3) is 3.55. The van der Waals surface area contributed by atoms with Gasteiger partial charge in [0.25, 0.3) is 0 Å². The molecule has 0 aromatic heterocycles. The van der Waals surface area contributed by atoms with Crippen LogP contribution in [-0.4, -0.2) is 11.4 Å². The number of phenols is 1. The molecule has 2 rings (SSSR count). The number of ether oxygens (including phenoxy) is 1. The van der Waals surface area contributed by atoms with Crippen LogP contribution >= 0.6 is 0 Å². The highest BCUT2D eigenvalue weighted by Gasteiger charge is 2.34. The van der Waals surface area contributed by atoms with Crippen molar-refractivity contribution >= 4 is 6.29 Å². The molecular formula is C15H10F4O3. The van der Waals surface area contributed by atoms with Gasteiger partial charge in [0.15, 0.2) is 6.29 Å². The normalized spacial score (nSPS) is 11.3. The molecule has 0 fully saturated rings. The van der Waals surface area contributed by atoms with E-state index < -0.39 is 17.6 Å². The smallest absolute Gasteiger partial charge is 0.419 e. The summed E-state index contributed by atoms with van der Waals surface area (Å²) in [5, 5.41) is 9.23. The summed E-state index contributed by atoms with van der Waals surface area (Å²) < 4.78 is 56.2. The first-order valence-electron chi connectivity index (χ1n) is 6.08. The van der Waals surface area contributed by atoms with Crippen LogP contribution in [0.2, 0.25) is 0 Å². The van der Waals surface area contributed by atoms with Crippen molar-refractivity contribution in [3.63, 3.8) is 0 Å². The Hall–Kier alpha value is -2.57. The van der Waals surface area contributed by atoms with Gasteiger partial charge in [-0.05, 0) is 35.9 Å². The summed E-state index contributed by atoms with van der Waals surface area (Å²) in [6, 6.07) is 6.26. The molecule has 0 saturated carbocycles. The Bertz CT molecular complexity index is 696. The number of rotatable bonds is 4. The van der Waals surface area contributed by atoms with Gasteiger partial charge in [-0.25, -0.2) is 4.39 Å². The van der Waals surface area contributed by atoms with Crippen LogP contribution in [0.3, 0.4) is 0 Å². The zero-order chi connectivity index (χ0) is 16.3. The van der Waals surface area contributed by atoms with Crippen molar-refractivity contribution in [1.29, 1.82) is 0 Å². The molecule has 3 nitrogen and oxygen atoms in total. The predicted molar refractivity (Wildman–Crippen MR) is 69.2 cm³/mol. The fraction of sp³-hybridized carbons (Fsp3) is 0.133. The highest BCUT2D eigenvalue weighted by Crippen LogP contribution is 2.32. The minimum absolute atomic E-state index is 0.0538. The number of carbonyl (C=O) groups excluding carboxylic acids is 1. The number of hydrogen-bond donors (Lipinski definition) is 1. The molecule has 0 aliphatic carbocycles. The quantitative estimate of drug-likeness (QED) is 0.687. The van der Waals surface area contributed by atoms with E-state index in [0.29, 0.717) is 18.4 Å². The Morgan fingerprint density at radius 3 is 2.50 bits per heavy atom. The fourth-order valence-corrected chi connectivity index (χ4v) is 1.80. The first-order chi connectivity index (χ1) is 10.3. The van der Waals surface area contributed by atoms with Gasteiger partial charge < -0.3 is 9.84 Å². The van der Waals surface area contributed by atoms with E-state index in [9.17, 15) is 27.5 Å². The monoisotopic (exact) mass is 314 g/mol. The molecule has 2 aromatic carbocycles. The molecular weight excluding hydrogens is 304 g/mol. The van der Waals surface area contributed by atoms with Crippen LogP contribution in [0.5, 0.6) is 11.5 Å². The number of hydrogen-bond acceptors (Lipinski definition) is 3. The van der Waals surface area contributed by atoms with Gasteiger partial charge in [0.1, 0.15) is 23.9 Å².